The summed E-state index contributed by atoms with van der Waals surface area (Å²) in [5.74, 6) is -2.38. The van der Waals surface area contributed by atoms with E-state index in [4.69, 9.17) is 0 Å². The summed E-state index contributed by atoms with van der Waals surface area (Å²) in [6.07, 6.45) is 1.000. The van der Waals surface area contributed by atoms with Crippen molar-refractivity contribution < 1.29 is 37.0 Å². The molecule has 13 heteroatoms. The third-order valence-corrected chi connectivity index (χ3v) is 7.24. The highest BCUT2D eigenvalue weighted by molar-refractivity contribution is 8.00. The standard InChI is InChI=1S/C14H19N3O8S2/c18-10-5-9(27(22,23)24)13(20)17(10)25-11(19)4-2-1-3-8-12-7(6-26-8)15-14(21)16-12/h7-9,12H,1-6H2,(H2,15,16,21)(H,22,23,24)/p-1/t7-,8-,9+,12+/m0/s1. The zero-order valence-corrected chi connectivity index (χ0v) is 15.7. The average molecular weight is 420 g/mol. The smallest absolute Gasteiger partial charge is 0.333 e. The van der Waals surface area contributed by atoms with Gasteiger partial charge in [-0.2, -0.15) is 11.8 Å². The number of unbranched alkanes of at least 4 members (excludes halogenated alkanes) is 1. The number of carbonyl (C=O) groups excluding carboxylic acids is 4. The lowest BCUT2D eigenvalue weighted by molar-refractivity contribution is -0.197. The van der Waals surface area contributed by atoms with Crippen molar-refractivity contribution in [2.45, 2.75) is 54.7 Å². The molecule has 3 aliphatic rings. The van der Waals surface area contributed by atoms with Gasteiger partial charge in [0.25, 0.3) is 11.8 Å². The monoisotopic (exact) mass is 420 g/mol. The van der Waals surface area contributed by atoms with Gasteiger partial charge in [-0.25, -0.2) is 18.0 Å². The van der Waals surface area contributed by atoms with Gasteiger partial charge in [-0.05, 0) is 12.8 Å². The molecule has 11 nitrogen and oxygen atoms in total. The highest BCUT2D eigenvalue weighted by Crippen LogP contribution is 2.33. The van der Waals surface area contributed by atoms with Crippen molar-refractivity contribution in [2.24, 2.45) is 0 Å². The summed E-state index contributed by atoms with van der Waals surface area (Å²) in [7, 11) is -4.99. The molecule has 3 aliphatic heterocycles. The van der Waals surface area contributed by atoms with Crippen LogP contribution in [0.4, 0.5) is 4.79 Å². The first-order valence-electron chi connectivity index (χ1n) is 8.38. The Morgan fingerprint density at radius 3 is 2.67 bits per heavy atom. The summed E-state index contributed by atoms with van der Waals surface area (Å²) >= 11 is 1.75. The molecule has 3 rings (SSSR count). The van der Waals surface area contributed by atoms with E-state index in [1.165, 1.54) is 0 Å². The Bertz CT molecular complexity index is 770. The van der Waals surface area contributed by atoms with Crippen LogP contribution >= 0.6 is 11.8 Å². The third-order valence-electron chi connectivity index (χ3n) is 4.66. The van der Waals surface area contributed by atoms with E-state index in [0.717, 1.165) is 12.2 Å². The van der Waals surface area contributed by atoms with E-state index < -0.39 is 39.6 Å². The second kappa shape index (κ2) is 7.64. The number of nitrogens with zero attached hydrogens (tertiary/aromatic N) is 1. The van der Waals surface area contributed by atoms with Crippen LogP contribution in [0.15, 0.2) is 0 Å². The number of hydroxylamine groups is 2. The predicted molar refractivity (Wildman–Crippen MR) is 90.0 cm³/mol. The van der Waals surface area contributed by atoms with Gasteiger partial charge >= 0.3 is 12.0 Å². The molecular formula is C14H18N3O8S2-. The Hall–Kier alpha value is -1.86. The molecule has 0 aromatic rings. The number of hydrogen-bond donors (Lipinski definition) is 2. The van der Waals surface area contributed by atoms with Gasteiger partial charge in [-0.3, -0.25) is 9.59 Å². The molecule has 0 spiro atoms. The molecule has 27 heavy (non-hydrogen) atoms. The summed E-state index contributed by atoms with van der Waals surface area (Å²) in [6, 6.07) is 0.0207. The molecule has 3 fully saturated rings. The zero-order chi connectivity index (χ0) is 19.8. The van der Waals surface area contributed by atoms with Crippen molar-refractivity contribution >= 4 is 45.7 Å². The quantitative estimate of drug-likeness (QED) is 0.224. The van der Waals surface area contributed by atoms with E-state index >= 15 is 0 Å². The van der Waals surface area contributed by atoms with E-state index in [1.807, 2.05) is 0 Å². The SMILES string of the molecule is O=C1N[C@@H]2[C@H](CS[C@H]2CCCCC(=O)ON2C(=O)C[C@@H](S(=O)(=O)[O-])C2=O)N1. The van der Waals surface area contributed by atoms with Crippen LogP contribution in [0.1, 0.15) is 32.1 Å². The maximum atomic E-state index is 11.8. The van der Waals surface area contributed by atoms with E-state index in [-0.39, 0.29) is 34.8 Å². The number of rotatable bonds is 7. The number of thioether (sulfide) groups is 1. The van der Waals surface area contributed by atoms with Crippen molar-refractivity contribution in [1.82, 2.24) is 15.7 Å². The Labute approximate surface area is 159 Å². The Morgan fingerprint density at radius 1 is 1.26 bits per heavy atom. The van der Waals surface area contributed by atoms with Gasteiger partial charge < -0.3 is 20.0 Å². The minimum Gasteiger partial charge on any atom is -0.747 e. The number of urea groups is 1. The summed E-state index contributed by atoms with van der Waals surface area (Å²) in [6.45, 7) is 0. The summed E-state index contributed by atoms with van der Waals surface area (Å²) in [5.41, 5.74) is 0. The van der Waals surface area contributed by atoms with Crippen LogP contribution in [-0.2, 0) is 29.3 Å². The Morgan fingerprint density at radius 2 is 2.00 bits per heavy atom. The third kappa shape index (κ3) is 4.35. The first-order valence-corrected chi connectivity index (χ1v) is 10.9. The van der Waals surface area contributed by atoms with Crippen molar-refractivity contribution in [2.75, 3.05) is 5.75 Å². The molecule has 2 N–H and O–H groups in total. The topological polar surface area (TPSA) is 162 Å². The molecule has 150 valence electrons. The first-order chi connectivity index (χ1) is 12.7. The fourth-order valence-electron chi connectivity index (χ4n) is 3.31. The van der Waals surface area contributed by atoms with Gasteiger partial charge in [-0.15, -0.1) is 5.06 Å². The molecule has 0 aromatic heterocycles. The highest BCUT2D eigenvalue weighted by Gasteiger charge is 2.45. The number of hydrogen-bond acceptors (Lipinski definition) is 9. The molecule has 0 saturated carbocycles. The number of fused-ring (bicyclic) bond motifs is 1. The van der Waals surface area contributed by atoms with Crippen LogP contribution in [0.2, 0.25) is 0 Å². The van der Waals surface area contributed by atoms with Crippen LogP contribution in [0.5, 0.6) is 0 Å². The summed E-state index contributed by atoms with van der Waals surface area (Å²) in [5, 5.41) is 3.98. The van der Waals surface area contributed by atoms with Crippen molar-refractivity contribution in [3.8, 4) is 0 Å². The van der Waals surface area contributed by atoms with Crippen molar-refractivity contribution in [1.29, 1.82) is 0 Å². The first kappa shape index (κ1) is 19.9. The van der Waals surface area contributed by atoms with Crippen LogP contribution in [0.25, 0.3) is 0 Å². The van der Waals surface area contributed by atoms with Crippen LogP contribution < -0.4 is 10.6 Å². The lowest BCUT2D eigenvalue weighted by atomic mass is 10.0. The van der Waals surface area contributed by atoms with E-state index in [9.17, 15) is 32.1 Å². The number of imide groups is 1. The van der Waals surface area contributed by atoms with Gasteiger partial charge in [0.1, 0.15) is 15.4 Å². The van der Waals surface area contributed by atoms with Crippen molar-refractivity contribution in [3.63, 3.8) is 0 Å². The normalized spacial score (nSPS) is 30.3. The lowest BCUT2D eigenvalue weighted by Crippen LogP contribution is -2.37. The molecule has 4 amide bonds. The highest BCUT2D eigenvalue weighted by atomic mass is 32.2. The fourth-order valence-corrected chi connectivity index (χ4v) is 5.54. The van der Waals surface area contributed by atoms with Crippen molar-refractivity contribution in [3.05, 3.63) is 0 Å². The van der Waals surface area contributed by atoms with Crippen LogP contribution in [0, 0.1) is 0 Å². The lowest BCUT2D eigenvalue weighted by Gasteiger charge is -2.17. The molecule has 0 radical (unpaired) electrons. The van der Waals surface area contributed by atoms with Gasteiger partial charge in [0.15, 0.2) is 0 Å². The zero-order valence-electron chi connectivity index (χ0n) is 14.1. The molecule has 0 aliphatic carbocycles. The van der Waals surface area contributed by atoms with Gasteiger partial charge in [0.2, 0.25) is 0 Å². The molecule has 3 saturated heterocycles. The van der Waals surface area contributed by atoms with E-state index in [0.29, 0.717) is 12.8 Å². The maximum Gasteiger partial charge on any atom is 0.333 e. The summed E-state index contributed by atoms with van der Waals surface area (Å²) < 4.78 is 32.8. The van der Waals surface area contributed by atoms with Gasteiger partial charge in [0.05, 0.1) is 18.5 Å². The predicted octanol–water partition coefficient (Wildman–Crippen LogP) is -1.16. The minimum absolute atomic E-state index is 0.0675. The molecule has 0 bridgehead atoms. The van der Waals surface area contributed by atoms with Crippen LogP contribution in [-0.4, -0.2) is 70.2 Å². The molecule has 0 aromatic carbocycles. The molecular weight excluding hydrogens is 402 g/mol. The molecule has 4 atom stereocenters. The molecule has 3 heterocycles. The van der Waals surface area contributed by atoms with Gasteiger partial charge in [0, 0.05) is 17.4 Å². The fraction of sp³-hybridized carbons (Fsp3) is 0.714. The van der Waals surface area contributed by atoms with E-state index in [2.05, 4.69) is 15.5 Å². The largest absolute Gasteiger partial charge is 0.747 e. The maximum absolute atomic E-state index is 11.8. The van der Waals surface area contributed by atoms with E-state index in [1.54, 1.807) is 11.8 Å². The average Bonchev–Trinajstić information content (AvgIpc) is 3.19. The van der Waals surface area contributed by atoms with Gasteiger partial charge in [-0.1, -0.05) is 6.42 Å². The second-order valence-corrected chi connectivity index (χ2v) is 9.37. The van der Waals surface area contributed by atoms with Crippen LogP contribution in [0.3, 0.4) is 0 Å². The Balaban J connectivity index is 1.40. The minimum atomic E-state index is -4.99. The number of amides is 4. The number of carbonyl (C=O) groups is 4. The second-order valence-electron chi connectivity index (χ2n) is 6.54. The summed E-state index contributed by atoms with van der Waals surface area (Å²) in [4.78, 5) is 51.1. The number of nitrogens with one attached hydrogen (secondary N) is 2. The Kier molecular flexibility index (Phi) is 5.63. The molecule has 0 unspecified atom stereocenters.